The number of benzene rings is 2. The molecule has 6 nitrogen and oxygen atoms in total. The molecule has 1 aliphatic rings. The first-order chi connectivity index (χ1) is 14.5. The molecule has 8 heteroatoms. The van der Waals surface area contributed by atoms with E-state index in [2.05, 4.69) is 11.9 Å². The van der Waals surface area contributed by atoms with E-state index < -0.39 is 0 Å². The number of thiocarbonyl (C=S) groups is 1. The number of amides is 2. The number of methoxy groups -OCH3 is 1. The molecule has 0 radical (unpaired) electrons. The minimum absolute atomic E-state index is 0.151. The Morgan fingerprint density at radius 3 is 2.70 bits per heavy atom. The number of hydrogen-bond donors (Lipinski definition) is 1. The van der Waals surface area contributed by atoms with Crippen LogP contribution in [0.1, 0.15) is 5.56 Å². The Bertz CT molecular complexity index is 1010. The highest BCUT2D eigenvalue weighted by Crippen LogP contribution is 2.34. The number of nitrogens with one attached hydrogen (secondary N) is 1. The highest BCUT2D eigenvalue weighted by molar-refractivity contribution is 8.26. The van der Waals surface area contributed by atoms with E-state index in [1.165, 1.54) is 23.8 Å². The van der Waals surface area contributed by atoms with Gasteiger partial charge in [0.15, 0.2) is 18.1 Å². The van der Waals surface area contributed by atoms with Gasteiger partial charge in [-0.25, -0.2) is 0 Å². The van der Waals surface area contributed by atoms with Gasteiger partial charge in [-0.3, -0.25) is 14.5 Å². The molecule has 1 heterocycles. The molecule has 2 aromatic carbocycles. The third-order valence-corrected chi connectivity index (χ3v) is 5.46. The fourth-order valence-electron chi connectivity index (χ4n) is 2.69. The van der Waals surface area contributed by atoms with Crippen LogP contribution in [0.4, 0.5) is 5.69 Å². The van der Waals surface area contributed by atoms with Gasteiger partial charge in [0.2, 0.25) is 0 Å². The fourth-order valence-corrected chi connectivity index (χ4v) is 3.97. The minimum Gasteiger partial charge on any atom is -0.493 e. The predicted octanol–water partition coefficient (Wildman–Crippen LogP) is 4.10. The maximum atomic E-state index is 12.5. The lowest BCUT2D eigenvalue weighted by Crippen LogP contribution is -2.27. The van der Waals surface area contributed by atoms with E-state index in [-0.39, 0.29) is 18.4 Å². The van der Waals surface area contributed by atoms with Gasteiger partial charge in [-0.15, -0.1) is 6.58 Å². The van der Waals surface area contributed by atoms with Crippen LogP contribution in [0.25, 0.3) is 6.08 Å². The van der Waals surface area contributed by atoms with Crippen molar-refractivity contribution in [2.45, 2.75) is 0 Å². The summed E-state index contributed by atoms with van der Waals surface area (Å²) in [5.74, 6) is 0.454. The Labute approximate surface area is 184 Å². The predicted molar refractivity (Wildman–Crippen MR) is 124 cm³/mol. The molecule has 0 bridgehead atoms. The van der Waals surface area contributed by atoms with Gasteiger partial charge < -0.3 is 14.8 Å². The maximum Gasteiger partial charge on any atom is 0.266 e. The molecule has 3 rings (SSSR count). The molecule has 154 valence electrons. The molecular weight excluding hydrogens is 420 g/mol. The first kappa shape index (κ1) is 21.6. The van der Waals surface area contributed by atoms with Crippen molar-refractivity contribution < 1.29 is 19.1 Å². The summed E-state index contributed by atoms with van der Waals surface area (Å²) in [5.41, 5.74) is 1.45. The highest BCUT2D eigenvalue weighted by atomic mass is 32.2. The lowest BCUT2D eigenvalue weighted by molar-refractivity contribution is -0.121. The summed E-state index contributed by atoms with van der Waals surface area (Å²) < 4.78 is 11.5. The van der Waals surface area contributed by atoms with Crippen molar-refractivity contribution in [3.05, 3.63) is 71.7 Å². The van der Waals surface area contributed by atoms with Gasteiger partial charge in [-0.05, 0) is 35.9 Å². The zero-order valence-corrected chi connectivity index (χ0v) is 17.9. The molecule has 0 atom stereocenters. The lowest BCUT2D eigenvalue weighted by Gasteiger charge is -2.12. The molecule has 2 aromatic rings. The van der Waals surface area contributed by atoms with Gasteiger partial charge in [-0.1, -0.05) is 54.3 Å². The molecule has 0 saturated carbocycles. The molecule has 2 amide bonds. The van der Waals surface area contributed by atoms with Crippen LogP contribution in [-0.2, 0) is 9.59 Å². The summed E-state index contributed by atoms with van der Waals surface area (Å²) in [6.45, 7) is 3.86. The van der Waals surface area contributed by atoms with E-state index >= 15 is 0 Å². The lowest BCUT2D eigenvalue weighted by atomic mass is 10.2. The van der Waals surface area contributed by atoms with Crippen LogP contribution < -0.4 is 14.8 Å². The summed E-state index contributed by atoms with van der Waals surface area (Å²) in [4.78, 5) is 26.6. The Morgan fingerprint density at radius 2 is 2.00 bits per heavy atom. The molecular formula is C22H20N2O4S2. The zero-order chi connectivity index (χ0) is 21.5. The normalized spacial score (nSPS) is 14.7. The average molecular weight is 441 g/mol. The summed E-state index contributed by atoms with van der Waals surface area (Å²) in [6.07, 6.45) is 3.38. The minimum atomic E-state index is -0.279. The van der Waals surface area contributed by atoms with E-state index in [0.717, 1.165) is 5.56 Å². The third-order valence-electron chi connectivity index (χ3n) is 4.09. The quantitative estimate of drug-likeness (QED) is 0.379. The largest absolute Gasteiger partial charge is 0.493 e. The smallest absolute Gasteiger partial charge is 0.266 e. The monoisotopic (exact) mass is 440 g/mol. The van der Waals surface area contributed by atoms with E-state index in [1.54, 1.807) is 42.5 Å². The fraction of sp³-hybridized carbons (Fsp3) is 0.136. The molecule has 0 aromatic heterocycles. The molecule has 1 N–H and O–H groups in total. The second-order valence-electron chi connectivity index (χ2n) is 6.19. The van der Waals surface area contributed by atoms with Crippen molar-refractivity contribution in [3.63, 3.8) is 0 Å². The number of thioether (sulfide) groups is 1. The van der Waals surface area contributed by atoms with Crippen molar-refractivity contribution in [1.29, 1.82) is 0 Å². The van der Waals surface area contributed by atoms with Crippen LogP contribution in [0.3, 0.4) is 0 Å². The van der Waals surface area contributed by atoms with Gasteiger partial charge in [0.05, 0.1) is 12.0 Å². The van der Waals surface area contributed by atoms with Gasteiger partial charge in [0, 0.05) is 12.2 Å². The number of nitrogens with zero attached hydrogens (tertiary/aromatic N) is 1. The van der Waals surface area contributed by atoms with E-state index in [4.69, 9.17) is 21.7 Å². The highest BCUT2D eigenvalue weighted by Gasteiger charge is 2.31. The van der Waals surface area contributed by atoms with Crippen LogP contribution >= 0.6 is 24.0 Å². The van der Waals surface area contributed by atoms with Crippen molar-refractivity contribution in [2.24, 2.45) is 0 Å². The van der Waals surface area contributed by atoms with E-state index in [9.17, 15) is 9.59 Å². The average Bonchev–Trinajstić information content (AvgIpc) is 3.01. The van der Waals surface area contributed by atoms with Gasteiger partial charge in [-0.2, -0.15) is 0 Å². The second-order valence-corrected chi connectivity index (χ2v) is 7.87. The maximum absolute atomic E-state index is 12.5. The van der Waals surface area contributed by atoms with Gasteiger partial charge in [0.1, 0.15) is 4.32 Å². The van der Waals surface area contributed by atoms with Crippen LogP contribution in [0.5, 0.6) is 11.5 Å². The first-order valence-corrected chi connectivity index (χ1v) is 10.3. The Hall–Kier alpha value is -3.10. The topological polar surface area (TPSA) is 67.9 Å². The van der Waals surface area contributed by atoms with Crippen LogP contribution in [-0.4, -0.2) is 41.3 Å². The Kier molecular flexibility index (Phi) is 7.26. The van der Waals surface area contributed by atoms with Gasteiger partial charge >= 0.3 is 0 Å². The Balaban J connectivity index is 1.68. The molecule has 0 unspecified atom stereocenters. The summed E-state index contributed by atoms with van der Waals surface area (Å²) in [7, 11) is 1.51. The summed E-state index contributed by atoms with van der Waals surface area (Å²) >= 11 is 6.49. The molecule has 1 saturated heterocycles. The number of ether oxygens (including phenoxy) is 2. The number of para-hydroxylation sites is 1. The van der Waals surface area contributed by atoms with Crippen LogP contribution in [0, 0.1) is 0 Å². The Morgan fingerprint density at radius 1 is 1.23 bits per heavy atom. The molecule has 1 aliphatic heterocycles. The van der Waals surface area contributed by atoms with Crippen LogP contribution in [0.15, 0.2) is 66.1 Å². The molecule has 30 heavy (non-hydrogen) atoms. The van der Waals surface area contributed by atoms with Crippen molar-refractivity contribution in [3.8, 4) is 11.5 Å². The summed E-state index contributed by atoms with van der Waals surface area (Å²) in [6, 6.07) is 14.4. The molecule has 0 spiro atoms. The number of carbonyl (C=O) groups excluding carboxylic acids is 2. The number of carbonyl (C=O) groups is 2. The van der Waals surface area contributed by atoms with Gasteiger partial charge in [0.25, 0.3) is 11.8 Å². The molecule has 0 aliphatic carbocycles. The second kappa shape index (κ2) is 10.1. The standard InChI is InChI=1S/C22H20N2O4S2/c1-3-11-24-21(26)19(30-22(24)29)13-15-9-10-17(18(12-15)27-2)28-14-20(25)23-16-7-5-4-6-8-16/h3-10,12-13H,1,11,14H2,2H3,(H,23,25)/b19-13+. The first-order valence-electron chi connectivity index (χ1n) is 9.04. The van der Waals surface area contributed by atoms with Crippen LogP contribution in [0.2, 0.25) is 0 Å². The summed E-state index contributed by atoms with van der Waals surface area (Å²) in [5, 5.41) is 2.75. The SMILES string of the molecule is C=CCN1C(=O)/C(=C\c2ccc(OCC(=O)Nc3ccccc3)c(OC)c2)SC1=S. The number of anilines is 1. The number of hydrogen-bond acceptors (Lipinski definition) is 6. The molecule has 1 fully saturated rings. The van der Waals surface area contributed by atoms with Crippen molar-refractivity contribution in [1.82, 2.24) is 4.90 Å². The van der Waals surface area contributed by atoms with Crippen molar-refractivity contribution in [2.75, 3.05) is 25.6 Å². The third kappa shape index (κ3) is 5.28. The van der Waals surface area contributed by atoms with Crippen molar-refractivity contribution >= 4 is 51.9 Å². The zero-order valence-electron chi connectivity index (χ0n) is 16.3. The van der Waals surface area contributed by atoms with E-state index in [1.807, 2.05) is 18.2 Å². The van der Waals surface area contributed by atoms with E-state index in [0.29, 0.717) is 33.0 Å². The number of rotatable bonds is 8.